The number of rotatable bonds is 7. The van der Waals surface area contributed by atoms with E-state index in [0.29, 0.717) is 6.10 Å². The highest BCUT2D eigenvalue weighted by Crippen LogP contribution is 2.15. The lowest BCUT2D eigenvalue weighted by atomic mass is 10.1. The van der Waals surface area contributed by atoms with Crippen molar-refractivity contribution in [2.75, 3.05) is 33.3 Å². The number of guanidine groups is 1. The Morgan fingerprint density at radius 2 is 1.97 bits per heavy atom. The Balaban J connectivity index is 0.00000300. The molecule has 0 atom stereocenters. The number of nitrogens with zero attached hydrogens (tertiary/aromatic N) is 4. The Morgan fingerprint density at radius 1 is 1.24 bits per heavy atom. The van der Waals surface area contributed by atoms with Crippen LogP contribution < -0.4 is 5.32 Å². The summed E-state index contributed by atoms with van der Waals surface area (Å²) in [7, 11) is 1.87. The van der Waals surface area contributed by atoms with Gasteiger partial charge in [-0.15, -0.1) is 24.0 Å². The van der Waals surface area contributed by atoms with Gasteiger partial charge in [0.1, 0.15) is 0 Å². The van der Waals surface area contributed by atoms with Gasteiger partial charge in [-0.3, -0.25) is 4.99 Å². The second kappa shape index (κ2) is 12.2. The topological polar surface area (TPSA) is 54.7 Å². The molecule has 1 saturated heterocycles. The highest BCUT2D eigenvalue weighted by Gasteiger charge is 2.21. The maximum atomic E-state index is 5.74. The van der Waals surface area contributed by atoms with E-state index in [-0.39, 0.29) is 24.0 Å². The number of benzene rings is 1. The van der Waals surface area contributed by atoms with Crippen molar-refractivity contribution in [3.63, 3.8) is 0 Å². The van der Waals surface area contributed by atoms with E-state index in [4.69, 9.17) is 4.74 Å². The molecule has 0 radical (unpaired) electrons. The molecule has 1 fully saturated rings. The summed E-state index contributed by atoms with van der Waals surface area (Å²) in [5, 5.41) is 8.18. The number of nitrogens with one attached hydrogen (secondary N) is 1. The molecule has 1 aromatic carbocycles. The number of halogens is 1. The molecule has 0 saturated carbocycles. The third-order valence-electron chi connectivity index (χ3n) is 5.28. The summed E-state index contributed by atoms with van der Waals surface area (Å²) in [6, 6.07) is 10.3. The van der Waals surface area contributed by atoms with Crippen molar-refractivity contribution in [1.82, 2.24) is 20.0 Å². The van der Waals surface area contributed by atoms with Crippen LogP contribution >= 0.6 is 24.0 Å². The van der Waals surface area contributed by atoms with E-state index < -0.39 is 0 Å². The zero-order valence-corrected chi connectivity index (χ0v) is 20.1. The Morgan fingerprint density at radius 3 is 2.62 bits per heavy atom. The molecule has 6 nitrogen and oxygen atoms in total. The molecule has 0 unspecified atom stereocenters. The fourth-order valence-electron chi connectivity index (χ4n) is 3.74. The number of aryl methyl sites for hydroxylation is 2. The van der Waals surface area contributed by atoms with E-state index in [1.165, 1.54) is 5.56 Å². The van der Waals surface area contributed by atoms with E-state index in [9.17, 15) is 0 Å². The minimum atomic E-state index is 0. The number of aromatic nitrogens is 2. The van der Waals surface area contributed by atoms with Crippen molar-refractivity contribution < 1.29 is 4.74 Å². The van der Waals surface area contributed by atoms with Crippen LogP contribution in [0.2, 0.25) is 0 Å². The third kappa shape index (κ3) is 6.70. The Kier molecular flexibility index (Phi) is 9.93. The van der Waals surface area contributed by atoms with Crippen molar-refractivity contribution in [1.29, 1.82) is 0 Å². The first-order valence-corrected chi connectivity index (χ1v) is 10.4. The summed E-state index contributed by atoms with van der Waals surface area (Å²) in [6.07, 6.45) is 6.77. The molecule has 7 heteroatoms. The second-order valence-corrected chi connectivity index (χ2v) is 7.24. The Labute approximate surface area is 191 Å². The minimum Gasteiger partial charge on any atom is -0.378 e. The van der Waals surface area contributed by atoms with Crippen molar-refractivity contribution in [3.05, 3.63) is 47.8 Å². The molecular formula is C22H34IN5O. The van der Waals surface area contributed by atoms with Crippen molar-refractivity contribution in [3.8, 4) is 5.69 Å². The van der Waals surface area contributed by atoms with Gasteiger partial charge in [0.2, 0.25) is 0 Å². The fourth-order valence-corrected chi connectivity index (χ4v) is 3.74. The lowest BCUT2D eigenvalue weighted by molar-refractivity contribution is 0.0264. The molecule has 29 heavy (non-hydrogen) atoms. The van der Waals surface area contributed by atoms with Crippen LogP contribution in [0.5, 0.6) is 0 Å². The molecule has 160 valence electrons. The summed E-state index contributed by atoms with van der Waals surface area (Å²) in [5.41, 5.74) is 3.51. The van der Waals surface area contributed by atoms with Crippen molar-refractivity contribution in [2.45, 2.75) is 45.6 Å². The summed E-state index contributed by atoms with van der Waals surface area (Å²) < 4.78 is 7.71. The number of hydrogen-bond acceptors (Lipinski definition) is 3. The third-order valence-corrected chi connectivity index (χ3v) is 5.28. The normalized spacial score (nSPS) is 15.3. The monoisotopic (exact) mass is 511 g/mol. The highest BCUT2D eigenvalue weighted by atomic mass is 127. The summed E-state index contributed by atoms with van der Waals surface area (Å²) in [6.45, 7) is 7.88. The number of aliphatic imine (C=N–C) groups is 1. The molecule has 1 aliphatic rings. The molecule has 0 bridgehead atoms. The van der Waals surface area contributed by atoms with Crippen LogP contribution in [0.4, 0.5) is 0 Å². The van der Waals surface area contributed by atoms with Gasteiger partial charge in [0.15, 0.2) is 5.96 Å². The number of piperidine rings is 1. The van der Waals surface area contributed by atoms with E-state index in [1.807, 2.05) is 29.9 Å². The molecule has 1 N–H and O–H groups in total. The molecule has 1 aliphatic heterocycles. The number of likely N-dealkylation sites (tertiary alicyclic amines) is 1. The molecule has 2 heterocycles. The second-order valence-electron chi connectivity index (χ2n) is 7.24. The highest BCUT2D eigenvalue weighted by molar-refractivity contribution is 14.0. The predicted molar refractivity (Wildman–Crippen MR) is 130 cm³/mol. The van der Waals surface area contributed by atoms with Gasteiger partial charge in [0.05, 0.1) is 17.5 Å². The van der Waals surface area contributed by atoms with E-state index >= 15 is 0 Å². The molecule has 2 aromatic rings. The quantitative estimate of drug-likeness (QED) is 0.266. The Hall–Kier alpha value is -1.61. The average Bonchev–Trinajstić information content (AvgIpc) is 3.10. The maximum Gasteiger partial charge on any atom is 0.193 e. The summed E-state index contributed by atoms with van der Waals surface area (Å²) in [5.74, 6) is 1.01. The lowest BCUT2D eigenvalue weighted by Crippen LogP contribution is -2.47. The van der Waals surface area contributed by atoms with Gasteiger partial charge in [0, 0.05) is 39.5 Å². The maximum absolute atomic E-state index is 5.74. The zero-order valence-electron chi connectivity index (χ0n) is 17.8. The van der Waals surface area contributed by atoms with E-state index in [1.54, 1.807) is 0 Å². The number of ether oxygens (including phenoxy) is 1. The first-order valence-electron chi connectivity index (χ1n) is 10.4. The first kappa shape index (κ1) is 23.7. The zero-order chi connectivity index (χ0) is 19.8. The smallest absolute Gasteiger partial charge is 0.193 e. The summed E-state index contributed by atoms with van der Waals surface area (Å²) >= 11 is 0. The van der Waals surface area contributed by atoms with Gasteiger partial charge in [-0.1, -0.05) is 18.2 Å². The SMILES string of the molecule is CCOC1CCN(C(=NC)NCCCc2cn(-c3ccccc3)nc2C)CC1.I. The van der Waals surface area contributed by atoms with Gasteiger partial charge in [-0.2, -0.15) is 5.10 Å². The molecule has 1 aromatic heterocycles. The molecule has 3 rings (SSSR count). The Bertz CT molecular complexity index is 754. The first-order chi connectivity index (χ1) is 13.7. The van der Waals surface area contributed by atoms with Gasteiger partial charge >= 0.3 is 0 Å². The molecule has 0 aliphatic carbocycles. The van der Waals surface area contributed by atoms with Crippen LogP contribution in [0.25, 0.3) is 5.69 Å². The number of hydrogen-bond donors (Lipinski definition) is 1. The average molecular weight is 511 g/mol. The molecule has 0 amide bonds. The minimum absolute atomic E-state index is 0. The van der Waals surface area contributed by atoms with Crippen LogP contribution in [0, 0.1) is 6.92 Å². The van der Waals surface area contributed by atoms with Crippen molar-refractivity contribution >= 4 is 29.9 Å². The standard InChI is InChI=1S/C22H33N5O.HI/c1-4-28-21-12-15-26(16-13-21)22(23-3)24-14-8-9-19-17-27(25-18(19)2)20-10-6-5-7-11-20;/h5-7,10-11,17,21H,4,8-9,12-16H2,1-3H3,(H,23,24);1H. The van der Waals surface area contributed by atoms with E-state index in [0.717, 1.165) is 69.3 Å². The van der Waals surface area contributed by atoms with Crippen LogP contribution in [0.1, 0.15) is 37.4 Å². The van der Waals surface area contributed by atoms with Crippen LogP contribution in [0.3, 0.4) is 0 Å². The molecule has 0 spiro atoms. The van der Waals surface area contributed by atoms with Crippen molar-refractivity contribution in [2.24, 2.45) is 4.99 Å². The van der Waals surface area contributed by atoms with E-state index in [2.05, 4.69) is 52.5 Å². The van der Waals surface area contributed by atoms with Crippen LogP contribution in [0.15, 0.2) is 41.5 Å². The predicted octanol–water partition coefficient (Wildman–Crippen LogP) is 3.81. The largest absolute Gasteiger partial charge is 0.378 e. The van der Waals surface area contributed by atoms with Gasteiger partial charge in [-0.25, -0.2) is 4.68 Å². The summed E-state index contributed by atoms with van der Waals surface area (Å²) in [4.78, 5) is 6.80. The van der Waals surface area contributed by atoms with Crippen LogP contribution in [-0.4, -0.2) is 60.0 Å². The van der Waals surface area contributed by atoms with Crippen LogP contribution in [-0.2, 0) is 11.2 Å². The van der Waals surface area contributed by atoms with Gasteiger partial charge in [-0.05, 0) is 57.2 Å². The van der Waals surface area contributed by atoms with Gasteiger partial charge in [0.25, 0.3) is 0 Å². The fraction of sp³-hybridized carbons (Fsp3) is 0.545. The number of para-hydroxylation sites is 1. The lowest BCUT2D eigenvalue weighted by Gasteiger charge is -2.34. The van der Waals surface area contributed by atoms with Gasteiger partial charge < -0.3 is 15.0 Å². The molecular weight excluding hydrogens is 477 g/mol.